The molecule has 0 fully saturated rings. The van der Waals surface area contributed by atoms with Crippen LogP contribution >= 0.6 is 0 Å². The molecule has 0 atom stereocenters. The van der Waals surface area contributed by atoms with E-state index in [0.717, 1.165) is 13.1 Å². The zero-order valence-corrected chi connectivity index (χ0v) is 9.53. The van der Waals surface area contributed by atoms with Crippen molar-refractivity contribution < 1.29 is 14.3 Å². The zero-order valence-electron chi connectivity index (χ0n) is 9.53. The summed E-state index contributed by atoms with van der Waals surface area (Å²) in [6.07, 6.45) is 0. The molecule has 0 aromatic heterocycles. The molecule has 0 amide bonds. The number of aromatic carboxylic acids is 1. The van der Waals surface area contributed by atoms with Gasteiger partial charge < -0.3 is 5.11 Å². The van der Waals surface area contributed by atoms with E-state index in [0.29, 0.717) is 12.1 Å². The second-order valence-electron chi connectivity index (χ2n) is 3.57. The summed E-state index contributed by atoms with van der Waals surface area (Å²) in [5, 5.41) is 8.97. The van der Waals surface area contributed by atoms with E-state index in [9.17, 15) is 9.18 Å². The fourth-order valence-corrected chi connectivity index (χ4v) is 1.59. The minimum absolute atomic E-state index is 0.174. The van der Waals surface area contributed by atoms with Gasteiger partial charge >= 0.3 is 5.97 Å². The monoisotopic (exact) mass is 225 g/mol. The third kappa shape index (κ3) is 3.03. The molecule has 0 saturated heterocycles. The second-order valence-corrected chi connectivity index (χ2v) is 3.57. The number of carboxylic acids is 1. The van der Waals surface area contributed by atoms with Gasteiger partial charge in [-0.25, -0.2) is 9.18 Å². The standard InChI is InChI=1S/C12H16FNO2/c1-3-14(4-2)8-9-7-10(13)5-6-11(9)12(15)16/h5-7H,3-4,8H2,1-2H3,(H,15,16). The Bertz CT molecular complexity index is 375. The third-order valence-electron chi connectivity index (χ3n) is 2.59. The number of carbonyl (C=O) groups is 1. The fraction of sp³-hybridized carbons (Fsp3) is 0.417. The van der Waals surface area contributed by atoms with E-state index in [4.69, 9.17) is 5.11 Å². The van der Waals surface area contributed by atoms with Gasteiger partial charge in [0.1, 0.15) is 5.82 Å². The molecule has 0 radical (unpaired) electrons. The molecule has 1 N–H and O–H groups in total. The number of nitrogens with zero attached hydrogens (tertiary/aromatic N) is 1. The van der Waals surface area contributed by atoms with E-state index in [1.54, 1.807) is 0 Å². The molecule has 1 aromatic rings. The summed E-state index contributed by atoms with van der Waals surface area (Å²) in [6.45, 7) is 6.07. The number of halogens is 1. The third-order valence-corrected chi connectivity index (χ3v) is 2.59. The number of hydrogen-bond acceptors (Lipinski definition) is 2. The van der Waals surface area contributed by atoms with Crippen molar-refractivity contribution in [1.29, 1.82) is 0 Å². The summed E-state index contributed by atoms with van der Waals surface area (Å²) < 4.78 is 13.1. The van der Waals surface area contributed by atoms with Crippen molar-refractivity contribution in [3.8, 4) is 0 Å². The van der Waals surface area contributed by atoms with Crippen LogP contribution in [0.4, 0.5) is 4.39 Å². The molecule has 0 saturated carbocycles. The maximum atomic E-state index is 13.1. The predicted octanol–water partition coefficient (Wildman–Crippen LogP) is 2.37. The highest BCUT2D eigenvalue weighted by molar-refractivity contribution is 5.89. The molecule has 0 bridgehead atoms. The van der Waals surface area contributed by atoms with E-state index >= 15 is 0 Å². The van der Waals surface area contributed by atoms with Crippen LogP contribution in [0.2, 0.25) is 0 Å². The normalized spacial score (nSPS) is 10.8. The first-order chi connectivity index (χ1) is 7.58. The van der Waals surface area contributed by atoms with Gasteiger partial charge in [-0.3, -0.25) is 4.90 Å². The maximum Gasteiger partial charge on any atom is 0.336 e. The van der Waals surface area contributed by atoms with Crippen LogP contribution in [0.5, 0.6) is 0 Å². The van der Waals surface area contributed by atoms with E-state index in [2.05, 4.69) is 0 Å². The Hall–Kier alpha value is -1.42. The van der Waals surface area contributed by atoms with Gasteiger partial charge in [0.2, 0.25) is 0 Å². The van der Waals surface area contributed by atoms with E-state index in [1.807, 2.05) is 18.7 Å². The average molecular weight is 225 g/mol. The molecule has 0 heterocycles. The highest BCUT2D eigenvalue weighted by Crippen LogP contribution is 2.14. The largest absolute Gasteiger partial charge is 0.478 e. The number of rotatable bonds is 5. The van der Waals surface area contributed by atoms with E-state index in [-0.39, 0.29) is 5.56 Å². The number of benzene rings is 1. The predicted molar refractivity (Wildman–Crippen MR) is 60.0 cm³/mol. The molecule has 0 spiro atoms. The lowest BCUT2D eigenvalue weighted by Gasteiger charge is -2.19. The number of carboxylic acid groups (broad SMARTS) is 1. The lowest BCUT2D eigenvalue weighted by atomic mass is 10.1. The molecule has 16 heavy (non-hydrogen) atoms. The molecule has 1 rings (SSSR count). The molecular weight excluding hydrogens is 209 g/mol. The molecule has 0 unspecified atom stereocenters. The minimum atomic E-state index is -1.01. The molecule has 0 aliphatic heterocycles. The van der Waals surface area contributed by atoms with Crippen LogP contribution < -0.4 is 0 Å². The van der Waals surface area contributed by atoms with E-state index < -0.39 is 11.8 Å². The van der Waals surface area contributed by atoms with Crippen LogP contribution in [-0.4, -0.2) is 29.1 Å². The maximum absolute atomic E-state index is 13.1. The lowest BCUT2D eigenvalue weighted by Crippen LogP contribution is -2.23. The first-order valence-corrected chi connectivity index (χ1v) is 5.32. The molecule has 88 valence electrons. The Labute approximate surface area is 94.5 Å². The van der Waals surface area contributed by atoms with Crippen LogP contribution in [0, 0.1) is 5.82 Å². The number of hydrogen-bond donors (Lipinski definition) is 1. The second kappa shape index (κ2) is 5.61. The average Bonchev–Trinajstić information content (AvgIpc) is 2.25. The van der Waals surface area contributed by atoms with Gasteiger partial charge in [0.05, 0.1) is 5.56 Å². The van der Waals surface area contributed by atoms with Crippen LogP contribution in [0.15, 0.2) is 18.2 Å². The SMILES string of the molecule is CCN(CC)Cc1cc(F)ccc1C(=O)O. The van der Waals surface area contributed by atoms with Gasteiger partial charge in [0, 0.05) is 6.54 Å². The Morgan fingerprint density at radius 3 is 2.50 bits per heavy atom. The van der Waals surface area contributed by atoms with Crippen LogP contribution in [0.25, 0.3) is 0 Å². The van der Waals surface area contributed by atoms with Gasteiger partial charge in [-0.1, -0.05) is 13.8 Å². The Morgan fingerprint density at radius 2 is 2.00 bits per heavy atom. The van der Waals surface area contributed by atoms with Gasteiger partial charge in [-0.15, -0.1) is 0 Å². The summed E-state index contributed by atoms with van der Waals surface area (Å²) in [6, 6.07) is 3.79. The molecule has 0 aliphatic rings. The summed E-state index contributed by atoms with van der Waals surface area (Å²) in [5.41, 5.74) is 0.699. The summed E-state index contributed by atoms with van der Waals surface area (Å²) >= 11 is 0. The van der Waals surface area contributed by atoms with Gasteiger partial charge in [0.25, 0.3) is 0 Å². The fourth-order valence-electron chi connectivity index (χ4n) is 1.59. The van der Waals surface area contributed by atoms with Crippen molar-refractivity contribution in [2.24, 2.45) is 0 Å². The van der Waals surface area contributed by atoms with Crippen molar-refractivity contribution in [2.45, 2.75) is 20.4 Å². The molecule has 0 aliphatic carbocycles. The smallest absolute Gasteiger partial charge is 0.336 e. The minimum Gasteiger partial charge on any atom is -0.478 e. The molecular formula is C12H16FNO2. The Morgan fingerprint density at radius 1 is 1.38 bits per heavy atom. The Kier molecular flexibility index (Phi) is 4.43. The summed E-state index contributed by atoms with van der Waals surface area (Å²) in [5.74, 6) is -1.41. The first-order valence-electron chi connectivity index (χ1n) is 5.32. The van der Waals surface area contributed by atoms with Crippen molar-refractivity contribution >= 4 is 5.97 Å². The van der Waals surface area contributed by atoms with Gasteiger partial charge in [0.15, 0.2) is 0 Å². The highest BCUT2D eigenvalue weighted by atomic mass is 19.1. The molecule has 1 aromatic carbocycles. The van der Waals surface area contributed by atoms with Gasteiger partial charge in [-0.2, -0.15) is 0 Å². The van der Waals surface area contributed by atoms with Crippen molar-refractivity contribution in [3.05, 3.63) is 35.1 Å². The lowest BCUT2D eigenvalue weighted by molar-refractivity contribution is 0.0694. The van der Waals surface area contributed by atoms with Gasteiger partial charge in [-0.05, 0) is 36.9 Å². The van der Waals surface area contributed by atoms with Crippen molar-refractivity contribution in [3.63, 3.8) is 0 Å². The zero-order chi connectivity index (χ0) is 12.1. The molecule has 4 heteroatoms. The van der Waals surface area contributed by atoms with Crippen molar-refractivity contribution in [2.75, 3.05) is 13.1 Å². The topological polar surface area (TPSA) is 40.5 Å². The highest BCUT2D eigenvalue weighted by Gasteiger charge is 2.12. The Balaban J connectivity index is 3.00. The first kappa shape index (κ1) is 12.6. The van der Waals surface area contributed by atoms with E-state index in [1.165, 1.54) is 18.2 Å². The molecule has 3 nitrogen and oxygen atoms in total. The quantitative estimate of drug-likeness (QED) is 0.836. The summed E-state index contributed by atoms with van der Waals surface area (Å²) in [7, 11) is 0. The van der Waals surface area contributed by atoms with Crippen LogP contribution in [0.1, 0.15) is 29.8 Å². The summed E-state index contributed by atoms with van der Waals surface area (Å²) in [4.78, 5) is 13.0. The van der Waals surface area contributed by atoms with Crippen LogP contribution in [0.3, 0.4) is 0 Å². The van der Waals surface area contributed by atoms with Crippen molar-refractivity contribution in [1.82, 2.24) is 4.90 Å². The van der Waals surface area contributed by atoms with Crippen LogP contribution in [-0.2, 0) is 6.54 Å².